The molecule has 0 radical (unpaired) electrons. The molecule has 9 heteroatoms. The zero-order valence-corrected chi connectivity index (χ0v) is 39.7. The third-order valence-corrected chi connectivity index (χ3v) is 10.4. The number of hydrogen-bond acceptors (Lipinski definition) is 9. The molecule has 4 N–H and O–H groups in total. The Balaban J connectivity index is 2.30. The van der Waals surface area contributed by atoms with Crippen molar-refractivity contribution in [3.8, 4) is 0 Å². The van der Waals surface area contributed by atoms with Crippen molar-refractivity contribution in [3.05, 3.63) is 122 Å². The maximum Gasteiger partial charge on any atom is 0.306 e. The minimum Gasteiger partial charge on any atom is -0.457 e. The molecule has 0 amide bonds. The Labute approximate surface area is 388 Å². The molecular weight excluding hydrogens is 805 g/mol. The molecule has 1 fully saturated rings. The van der Waals surface area contributed by atoms with E-state index < -0.39 is 43.4 Å². The van der Waals surface area contributed by atoms with Crippen molar-refractivity contribution >= 4 is 5.97 Å². The van der Waals surface area contributed by atoms with Crippen molar-refractivity contribution < 1.29 is 44.2 Å². The van der Waals surface area contributed by atoms with Crippen LogP contribution in [-0.2, 0) is 23.7 Å². The first-order valence-electron chi connectivity index (χ1n) is 24.6. The number of allylic oxidation sites excluding steroid dienone is 20. The normalized spacial score (nSPS) is 20.6. The van der Waals surface area contributed by atoms with Crippen molar-refractivity contribution in [1.82, 2.24) is 0 Å². The molecule has 9 nitrogen and oxygen atoms in total. The number of aliphatic hydroxyl groups is 4. The van der Waals surface area contributed by atoms with Crippen LogP contribution in [0.5, 0.6) is 0 Å². The van der Waals surface area contributed by atoms with Gasteiger partial charge in [0.2, 0.25) is 0 Å². The first-order valence-corrected chi connectivity index (χ1v) is 24.6. The Morgan fingerprint density at radius 2 is 0.906 bits per heavy atom. The van der Waals surface area contributed by atoms with Crippen molar-refractivity contribution in [1.29, 1.82) is 0 Å². The van der Waals surface area contributed by atoms with Gasteiger partial charge in [-0.3, -0.25) is 4.79 Å². The summed E-state index contributed by atoms with van der Waals surface area (Å²) in [6, 6.07) is 0. The van der Waals surface area contributed by atoms with E-state index >= 15 is 0 Å². The zero-order chi connectivity index (χ0) is 46.4. The van der Waals surface area contributed by atoms with Crippen LogP contribution in [0.15, 0.2) is 122 Å². The van der Waals surface area contributed by atoms with Crippen LogP contribution in [0.25, 0.3) is 0 Å². The highest BCUT2D eigenvalue weighted by Gasteiger charge is 2.44. The van der Waals surface area contributed by atoms with Crippen LogP contribution in [0.1, 0.15) is 155 Å². The SMILES string of the molecule is CC/C=C\C/C=C\C/C=C\C/C=C\C/C=C\C/C=C\C/C=C\CCCC(=O)OC(COCCCCCCCCCC/C=C\C/C=C\C/C=C\CC)COC1OC(CO)C(O)C(O)C1O. The van der Waals surface area contributed by atoms with E-state index in [0.717, 1.165) is 96.3 Å². The summed E-state index contributed by atoms with van der Waals surface area (Å²) in [5.41, 5.74) is 0. The smallest absolute Gasteiger partial charge is 0.306 e. The molecule has 0 aromatic rings. The highest BCUT2D eigenvalue weighted by atomic mass is 16.7. The Morgan fingerprint density at radius 1 is 0.500 bits per heavy atom. The molecule has 1 saturated heterocycles. The van der Waals surface area contributed by atoms with E-state index in [0.29, 0.717) is 13.0 Å². The average Bonchev–Trinajstić information content (AvgIpc) is 3.30. The van der Waals surface area contributed by atoms with Gasteiger partial charge in [-0.05, 0) is 96.3 Å². The minimum absolute atomic E-state index is 0.107. The fraction of sp³-hybridized carbons (Fsp3) is 0.618. The van der Waals surface area contributed by atoms with Gasteiger partial charge in [0.05, 0.1) is 19.8 Å². The summed E-state index contributed by atoms with van der Waals surface area (Å²) in [5, 5.41) is 40.2. The van der Waals surface area contributed by atoms with Crippen molar-refractivity contribution in [2.45, 2.75) is 192 Å². The van der Waals surface area contributed by atoms with Gasteiger partial charge in [-0.25, -0.2) is 0 Å². The van der Waals surface area contributed by atoms with Crippen LogP contribution < -0.4 is 0 Å². The number of unbranched alkanes of at least 4 members (excludes halogenated alkanes) is 9. The van der Waals surface area contributed by atoms with Gasteiger partial charge in [-0.2, -0.15) is 0 Å². The molecule has 0 aromatic carbocycles. The van der Waals surface area contributed by atoms with E-state index in [1.54, 1.807) is 0 Å². The van der Waals surface area contributed by atoms with Gasteiger partial charge in [0.1, 0.15) is 30.5 Å². The monoisotopic (exact) mass is 893 g/mol. The molecule has 0 bridgehead atoms. The Bertz CT molecular complexity index is 1390. The Morgan fingerprint density at radius 3 is 1.36 bits per heavy atom. The van der Waals surface area contributed by atoms with E-state index in [9.17, 15) is 25.2 Å². The van der Waals surface area contributed by atoms with Crippen LogP contribution in [0.3, 0.4) is 0 Å². The molecule has 1 heterocycles. The van der Waals surface area contributed by atoms with Crippen LogP contribution in [0.2, 0.25) is 0 Å². The fourth-order valence-electron chi connectivity index (χ4n) is 6.61. The first-order chi connectivity index (χ1) is 31.4. The lowest BCUT2D eigenvalue weighted by atomic mass is 9.99. The van der Waals surface area contributed by atoms with Crippen LogP contribution in [0, 0.1) is 0 Å². The summed E-state index contributed by atoms with van der Waals surface area (Å²) in [6.45, 7) is 4.22. The molecule has 6 unspecified atom stereocenters. The lowest BCUT2D eigenvalue weighted by molar-refractivity contribution is -0.305. The third-order valence-electron chi connectivity index (χ3n) is 10.4. The van der Waals surface area contributed by atoms with E-state index in [-0.39, 0.29) is 25.6 Å². The summed E-state index contributed by atoms with van der Waals surface area (Å²) in [7, 11) is 0. The van der Waals surface area contributed by atoms with Crippen LogP contribution in [0.4, 0.5) is 0 Å². The van der Waals surface area contributed by atoms with Crippen LogP contribution >= 0.6 is 0 Å². The molecule has 1 rings (SSSR count). The lowest BCUT2D eigenvalue weighted by Crippen LogP contribution is -2.59. The van der Waals surface area contributed by atoms with Crippen LogP contribution in [-0.4, -0.2) is 89.6 Å². The molecule has 0 spiro atoms. The summed E-state index contributed by atoms with van der Waals surface area (Å²) in [4.78, 5) is 12.8. The largest absolute Gasteiger partial charge is 0.457 e. The topological polar surface area (TPSA) is 135 Å². The molecule has 0 saturated carbocycles. The number of ether oxygens (including phenoxy) is 4. The molecule has 64 heavy (non-hydrogen) atoms. The quantitative estimate of drug-likeness (QED) is 0.0269. The predicted molar refractivity (Wildman–Crippen MR) is 265 cm³/mol. The standard InChI is InChI=1S/C55H88O9/c1-3-5-7-9-11-13-15-17-19-21-23-24-25-26-27-28-30-32-34-36-38-40-42-44-51(57)63-49(48-62-55-54(60)53(59)52(58)50(46-56)64-55)47-61-45-43-41-39-37-35-33-31-29-22-20-18-16-14-12-10-8-6-4-2/h5-8,11-14,17-20,23-24,26-27,30,32,36,38,49-50,52-56,58-60H,3-4,9-10,15-16,21-22,25,28-29,31,33-35,37,39-48H2,1-2H3/b7-5-,8-6-,13-11-,14-12-,19-17-,20-18-,24-23-,27-26-,32-30-,38-36-. The molecule has 0 aliphatic carbocycles. The number of rotatable bonds is 40. The van der Waals surface area contributed by atoms with Gasteiger partial charge in [0.25, 0.3) is 0 Å². The van der Waals surface area contributed by atoms with Crippen molar-refractivity contribution in [2.24, 2.45) is 0 Å². The van der Waals surface area contributed by atoms with E-state index in [1.165, 1.54) is 32.1 Å². The van der Waals surface area contributed by atoms with Crippen molar-refractivity contribution in [3.63, 3.8) is 0 Å². The Hall–Kier alpha value is -3.41. The summed E-state index contributed by atoms with van der Waals surface area (Å²) in [6.07, 6.45) is 58.0. The molecule has 1 aliphatic heterocycles. The molecule has 362 valence electrons. The average molecular weight is 893 g/mol. The second kappa shape index (κ2) is 44.8. The zero-order valence-electron chi connectivity index (χ0n) is 39.7. The van der Waals surface area contributed by atoms with E-state index in [2.05, 4.69) is 135 Å². The lowest BCUT2D eigenvalue weighted by Gasteiger charge is -2.39. The van der Waals surface area contributed by atoms with E-state index in [1.807, 2.05) is 0 Å². The first kappa shape index (κ1) is 58.6. The second-order valence-electron chi connectivity index (χ2n) is 16.1. The number of carbonyl (C=O) groups is 1. The number of esters is 1. The van der Waals surface area contributed by atoms with Gasteiger partial charge in [0.15, 0.2) is 6.29 Å². The number of aliphatic hydroxyl groups excluding tert-OH is 4. The number of hydrogen-bond donors (Lipinski definition) is 4. The highest BCUT2D eigenvalue weighted by molar-refractivity contribution is 5.69. The number of carbonyl (C=O) groups excluding carboxylic acids is 1. The molecule has 6 atom stereocenters. The maximum absolute atomic E-state index is 12.8. The van der Waals surface area contributed by atoms with Gasteiger partial charge < -0.3 is 39.4 Å². The molecular formula is C55H88O9. The minimum atomic E-state index is -1.56. The van der Waals surface area contributed by atoms with E-state index in [4.69, 9.17) is 18.9 Å². The fourth-order valence-corrected chi connectivity index (χ4v) is 6.61. The maximum atomic E-state index is 12.8. The van der Waals surface area contributed by atoms with Gasteiger partial charge >= 0.3 is 5.97 Å². The molecule has 1 aliphatic rings. The second-order valence-corrected chi connectivity index (χ2v) is 16.1. The molecule has 0 aromatic heterocycles. The van der Waals surface area contributed by atoms with Gasteiger partial charge in [0, 0.05) is 13.0 Å². The summed E-state index contributed by atoms with van der Waals surface area (Å²) < 4.78 is 22.8. The third kappa shape index (κ3) is 34.9. The van der Waals surface area contributed by atoms with Gasteiger partial charge in [-0.15, -0.1) is 0 Å². The van der Waals surface area contributed by atoms with Crippen molar-refractivity contribution in [2.75, 3.05) is 26.4 Å². The predicted octanol–water partition coefficient (Wildman–Crippen LogP) is 11.9. The summed E-state index contributed by atoms with van der Waals surface area (Å²) in [5.74, 6) is -0.379. The Kier molecular flexibility index (Phi) is 41.0. The van der Waals surface area contributed by atoms with Gasteiger partial charge in [-0.1, -0.05) is 174 Å². The highest BCUT2D eigenvalue weighted by Crippen LogP contribution is 2.22. The summed E-state index contributed by atoms with van der Waals surface area (Å²) >= 11 is 0.